The van der Waals surface area contributed by atoms with E-state index in [1.54, 1.807) is 43.3 Å². The van der Waals surface area contributed by atoms with Crippen molar-refractivity contribution in [3.8, 4) is 0 Å². The van der Waals surface area contributed by atoms with Crippen LogP contribution in [0.3, 0.4) is 0 Å². The number of aldehydes is 1. The number of hydrogen-bond donors (Lipinski definition) is 1. The number of aromatic nitrogens is 1. The summed E-state index contributed by atoms with van der Waals surface area (Å²) in [6.07, 6.45) is 5.25. The van der Waals surface area contributed by atoms with E-state index in [4.69, 9.17) is 4.74 Å². The molecule has 3 aromatic rings. The Kier molecular flexibility index (Phi) is 8.49. The number of nitrogens with zero attached hydrogens (tertiary/aromatic N) is 2. The van der Waals surface area contributed by atoms with Gasteiger partial charge in [-0.15, -0.1) is 0 Å². The SMILES string of the molecule is Cc1nc(N(C)/C=C\C(=C/C=O)OCc2ccc(F)cc2)sc1C(=O)NCc1ccccc1. The molecule has 0 aliphatic heterocycles. The van der Waals surface area contributed by atoms with Crippen molar-refractivity contribution in [3.05, 3.63) is 106 Å². The Morgan fingerprint density at radius 1 is 1.15 bits per heavy atom. The minimum absolute atomic E-state index is 0.179. The first-order chi connectivity index (χ1) is 16.0. The van der Waals surface area contributed by atoms with Crippen LogP contribution >= 0.6 is 11.3 Å². The second-order valence-corrected chi connectivity index (χ2v) is 8.10. The van der Waals surface area contributed by atoms with Gasteiger partial charge in [0.1, 0.15) is 29.3 Å². The summed E-state index contributed by atoms with van der Waals surface area (Å²) in [7, 11) is 1.79. The summed E-state index contributed by atoms with van der Waals surface area (Å²) in [6, 6.07) is 15.6. The van der Waals surface area contributed by atoms with Gasteiger partial charge in [-0.1, -0.05) is 53.8 Å². The first-order valence-electron chi connectivity index (χ1n) is 10.2. The zero-order valence-corrected chi connectivity index (χ0v) is 19.1. The number of rotatable bonds is 10. The number of ether oxygens (including phenoxy) is 1. The molecule has 1 aromatic heterocycles. The van der Waals surface area contributed by atoms with Crippen LogP contribution in [0.5, 0.6) is 0 Å². The molecule has 170 valence electrons. The van der Waals surface area contributed by atoms with E-state index in [0.717, 1.165) is 11.1 Å². The van der Waals surface area contributed by atoms with E-state index in [2.05, 4.69) is 10.3 Å². The molecule has 3 rings (SSSR count). The normalized spacial score (nSPS) is 11.4. The molecule has 1 heterocycles. The quantitative estimate of drug-likeness (QED) is 0.202. The third-order valence-electron chi connectivity index (χ3n) is 4.60. The van der Waals surface area contributed by atoms with Crippen LogP contribution in [0.15, 0.2) is 78.7 Å². The number of nitrogens with one attached hydrogen (secondary N) is 1. The highest BCUT2D eigenvalue weighted by atomic mass is 32.1. The third kappa shape index (κ3) is 7.11. The fourth-order valence-electron chi connectivity index (χ4n) is 2.82. The molecule has 2 aromatic carbocycles. The van der Waals surface area contributed by atoms with E-state index in [-0.39, 0.29) is 18.3 Å². The lowest BCUT2D eigenvalue weighted by Gasteiger charge is -2.11. The van der Waals surface area contributed by atoms with Crippen molar-refractivity contribution in [2.75, 3.05) is 11.9 Å². The zero-order valence-electron chi connectivity index (χ0n) is 18.3. The van der Waals surface area contributed by atoms with Crippen molar-refractivity contribution < 1.29 is 18.7 Å². The summed E-state index contributed by atoms with van der Waals surface area (Å²) < 4.78 is 18.7. The fraction of sp³-hybridized carbons (Fsp3) is 0.160. The minimum atomic E-state index is -0.323. The number of hydrogen-bond acceptors (Lipinski definition) is 6. The summed E-state index contributed by atoms with van der Waals surface area (Å²) in [5.41, 5.74) is 2.43. The molecule has 1 amide bonds. The molecule has 8 heteroatoms. The number of amides is 1. The van der Waals surface area contributed by atoms with Crippen LogP contribution in [0.4, 0.5) is 9.52 Å². The van der Waals surface area contributed by atoms with Crippen LogP contribution < -0.4 is 10.2 Å². The number of thiazole rings is 1. The number of anilines is 1. The summed E-state index contributed by atoms with van der Waals surface area (Å²) in [4.78, 5) is 30.3. The van der Waals surface area contributed by atoms with Crippen LogP contribution in [0.2, 0.25) is 0 Å². The fourth-order valence-corrected chi connectivity index (χ4v) is 3.75. The Hall–Kier alpha value is -3.78. The van der Waals surface area contributed by atoms with Gasteiger partial charge in [-0.2, -0.15) is 0 Å². The van der Waals surface area contributed by atoms with E-state index in [1.165, 1.54) is 29.5 Å². The van der Waals surface area contributed by atoms with E-state index in [0.29, 0.717) is 34.3 Å². The summed E-state index contributed by atoms with van der Waals surface area (Å²) in [6.45, 7) is 2.42. The Balaban J connectivity index is 1.61. The molecule has 0 fully saturated rings. The maximum absolute atomic E-state index is 13.0. The Morgan fingerprint density at radius 2 is 1.88 bits per heavy atom. The van der Waals surface area contributed by atoms with Gasteiger partial charge in [-0.3, -0.25) is 9.59 Å². The van der Waals surface area contributed by atoms with E-state index < -0.39 is 0 Å². The lowest BCUT2D eigenvalue weighted by Crippen LogP contribution is -2.22. The van der Waals surface area contributed by atoms with Gasteiger partial charge in [0.25, 0.3) is 5.91 Å². The Bertz CT molecular complexity index is 1140. The van der Waals surface area contributed by atoms with Gasteiger partial charge < -0.3 is 15.0 Å². The Morgan fingerprint density at radius 3 is 2.58 bits per heavy atom. The van der Waals surface area contributed by atoms with Gasteiger partial charge in [0, 0.05) is 25.9 Å². The van der Waals surface area contributed by atoms with Gasteiger partial charge in [0.2, 0.25) is 0 Å². The second kappa shape index (κ2) is 11.7. The zero-order chi connectivity index (χ0) is 23.6. The number of carbonyl (C=O) groups excluding carboxylic acids is 2. The van der Waals surface area contributed by atoms with Crippen LogP contribution in [0.1, 0.15) is 26.5 Å². The molecule has 0 saturated carbocycles. The van der Waals surface area contributed by atoms with Crippen LogP contribution in [0.25, 0.3) is 0 Å². The molecule has 0 saturated heterocycles. The molecule has 0 unspecified atom stereocenters. The maximum Gasteiger partial charge on any atom is 0.263 e. The highest BCUT2D eigenvalue weighted by Gasteiger charge is 2.16. The molecule has 0 spiro atoms. The highest BCUT2D eigenvalue weighted by molar-refractivity contribution is 7.17. The maximum atomic E-state index is 13.0. The van der Waals surface area contributed by atoms with E-state index in [1.807, 2.05) is 30.3 Å². The van der Waals surface area contributed by atoms with Crippen molar-refractivity contribution in [3.63, 3.8) is 0 Å². The summed E-state index contributed by atoms with van der Waals surface area (Å²) >= 11 is 1.27. The van der Waals surface area contributed by atoms with Crippen molar-refractivity contribution in [1.29, 1.82) is 0 Å². The predicted molar refractivity (Wildman–Crippen MR) is 127 cm³/mol. The van der Waals surface area contributed by atoms with Crippen molar-refractivity contribution in [2.45, 2.75) is 20.1 Å². The Labute approximate surface area is 196 Å². The summed E-state index contributed by atoms with van der Waals surface area (Å²) in [5, 5.41) is 3.54. The first kappa shape index (κ1) is 23.9. The molecule has 33 heavy (non-hydrogen) atoms. The molecular weight excluding hydrogens is 441 g/mol. The number of aryl methyl sites for hydroxylation is 1. The largest absolute Gasteiger partial charge is 0.489 e. The second-order valence-electron chi connectivity index (χ2n) is 7.13. The molecule has 6 nitrogen and oxygen atoms in total. The first-order valence-corrected chi connectivity index (χ1v) is 11.0. The molecular formula is C25H24FN3O3S. The van der Waals surface area contributed by atoms with Crippen molar-refractivity contribution in [1.82, 2.24) is 10.3 Å². The van der Waals surface area contributed by atoms with Crippen molar-refractivity contribution >= 4 is 28.7 Å². The molecule has 0 bridgehead atoms. The predicted octanol–water partition coefficient (Wildman–Crippen LogP) is 4.77. The number of halogens is 1. The lowest BCUT2D eigenvalue weighted by atomic mass is 10.2. The van der Waals surface area contributed by atoms with Gasteiger partial charge in [-0.25, -0.2) is 9.37 Å². The average Bonchev–Trinajstić information content (AvgIpc) is 3.22. The summed E-state index contributed by atoms with van der Waals surface area (Å²) in [5.74, 6) is -0.160. The third-order valence-corrected chi connectivity index (χ3v) is 5.85. The number of benzene rings is 2. The van der Waals surface area contributed by atoms with Gasteiger partial charge in [0.15, 0.2) is 5.13 Å². The minimum Gasteiger partial charge on any atom is -0.489 e. The van der Waals surface area contributed by atoms with E-state index in [9.17, 15) is 14.0 Å². The van der Waals surface area contributed by atoms with Crippen LogP contribution in [-0.2, 0) is 22.7 Å². The standard InChI is InChI=1S/C25H24FN3O3S/c1-18-23(24(31)27-16-19-6-4-3-5-7-19)33-25(28-18)29(2)14-12-22(13-15-30)32-17-20-8-10-21(26)11-9-20/h3-15H,16-17H2,1-2H3,(H,27,31)/b14-12-,22-13+. The molecule has 0 aliphatic carbocycles. The molecule has 0 aliphatic rings. The highest BCUT2D eigenvalue weighted by Crippen LogP contribution is 2.26. The van der Waals surface area contributed by atoms with Crippen LogP contribution in [0, 0.1) is 12.7 Å². The molecule has 1 N–H and O–H groups in total. The topological polar surface area (TPSA) is 71.5 Å². The molecule has 0 atom stereocenters. The average molecular weight is 466 g/mol. The smallest absolute Gasteiger partial charge is 0.263 e. The number of allylic oxidation sites excluding steroid dienone is 2. The van der Waals surface area contributed by atoms with Gasteiger partial charge >= 0.3 is 0 Å². The van der Waals surface area contributed by atoms with E-state index >= 15 is 0 Å². The monoisotopic (exact) mass is 465 g/mol. The molecule has 0 radical (unpaired) electrons. The lowest BCUT2D eigenvalue weighted by molar-refractivity contribution is -0.104. The van der Waals surface area contributed by atoms with Gasteiger partial charge in [0.05, 0.1) is 5.69 Å². The van der Waals surface area contributed by atoms with Crippen molar-refractivity contribution in [2.24, 2.45) is 0 Å². The van der Waals surface area contributed by atoms with Crippen LogP contribution in [-0.4, -0.2) is 24.2 Å². The number of carbonyl (C=O) groups is 2. The van der Waals surface area contributed by atoms with Gasteiger partial charge in [-0.05, 0) is 36.3 Å².